The minimum Gasteiger partial charge on any atom is -0.467 e. The number of carbonyl (C=O) groups excluding carboxylic acids is 1. The molecule has 0 saturated carbocycles. The summed E-state index contributed by atoms with van der Waals surface area (Å²) in [6.45, 7) is 0.190. The monoisotopic (exact) mass is 379 g/mol. The molecule has 4 aromatic rings. The fourth-order valence-corrected chi connectivity index (χ4v) is 2.79. The Morgan fingerprint density at radius 1 is 1.04 bits per heavy atom. The second kappa shape index (κ2) is 7.48. The van der Waals surface area contributed by atoms with Gasteiger partial charge in [0.25, 0.3) is 5.91 Å². The smallest absolute Gasteiger partial charge is 0.270 e. The molecule has 0 aliphatic carbocycles. The van der Waals surface area contributed by atoms with Crippen LogP contribution in [0.15, 0.2) is 77.4 Å². The highest BCUT2D eigenvalue weighted by atomic mass is 19.1. The number of nitrogens with one attached hydrogen (secondary N) is 1. The zero-order chi connectivity index (χ0) is 19.5. The van der Waals surface area contributed by atoms with Crippen molar-refractivity contribution in [2.24, 2.45) is 0 Å². The van der Waals surface area contributed by atoms with E-state index in [0.29, 0.717) is 17.1 Å². The van der Waals surface area contributed by atoms with E-state index in [1.165, 1.54) is 47.3 Å². The van der Waals surface area contributed by atoms with E-state index >= 15 is 0 Å². The second-order valence-corrected chi connectivity index (χ2v) is 6.04. The molecule has 2 aromatic carbocycles. The predicted octanol–water partition coefficient (Wildman–Crippen LogP) is 4.34. The van der Waals surface area contributed by atoms with E-state index in [4.69, 9.17) is 4.42 Å². The number of nitrogens with zero attached hydrogens (tertiary/aromatic N) is 2. The first kappa shape index (κ1) is 17.7. The standard InChI is InChI=1S/C21H15F2N3O2/c22-14-7-9-15(10-8-14)26-20(21(27)24-13-16-4-3-11-28-16)12-19(25-26)17-5-1-2-6-18(17)23/h1-12H,13H2,(H,24,27). The fourth-order valence-electron chi connectivity index (χ4n) is 2.79. The number of benzene rings is 2. The Balaban J connectivity index is 1.73. The van der Waals surface area contributed by atoms with Gasteiger partial charge in [0.15, 0.2) is 0 Å². The van der Waals surface area contributed by atoms with Crippen molar-refractivity contribution in [3.8, 4) is 16.9 Å². The van der Waals surface area contributed by atoms with Gasteiger partial charge in [0.05, 0.1) is 24.2 Å². The van der Waals surface area contributed by atoms with Crippen molar-refractivity contribution < 1.29 is 18.0 Å². The molecule has 2 aromatic heterocycles. The summed E-state index contributed by atoms with van der Waals surface area (Å²) in [6.07, 6.45) is 1.51. The summed E-state index contributed by atoms with van der Waals surface area (Å²) in [5.74, 6) is -0.686. The van der Waals surface area contributed by atoms with Gasteiger partial charge in [-0.1, -0.05) is 12.1 Å². The second-order valence-electron chi connectivity index (χ2n) is 6.04. The molecule has 5 nitrogen and oxygen atoms in total. The number of rotatable bonds is 5. The summed E-state index contributed by atoms with van der Waals surface area (Å²) < 4.78 is 34.1. The van der Waals surface area contributed by atoms with Gasteiger partial charge in [0, 0.05) is 5.56 Å². The molecule has 4 rings (SSSR count). The summed E-state index contributed by atoms with van der Waals surface area (Å²) >= 11 is 0. The molecule has 0 unspecified atom stereocenters. The Morgan fingerprint density at radius 3 is 2.54 bits per heavy atom. The van der Waals surface area contributed by atoms with Crippen LogP contribution in [0.25, 0.3) is 16.9 Å². The van der Waals surface area contributed by atoms with Crippen molar-refractivity contribution in [1.82, 2.24) is 15.1 Å². The molecule has 0 atom stereocenters. The maximum absolute atomic E-state index is 14.2. The Bertz CT molecular complexity index is 1100. The minimum atomic E-state index is -0.450. The Morgan fingerprint density at radius 2 is 1.82 bits per heavy atom. The third-order valence-corrected chi connectivity index (χ3v) is 4.17. The maximum Gasteiger partial charge on any atom is 0.270 e. The number of amides is 1. The van der Waals surface area contributed by atoms with Crippen LogP contribution in [0.3, 0.4) is 0 Å². The van der Waals surface area contributed by atoms with Crippen LogP contribution in [0.2, 0.25) is 0 Å². The number of hydrogen-bond donors (Lipinski definition) is 1. The molecule has 140 valence electrons. The Kier molecular flexibility index (Phi) is 4.72. The minimum absolute atomic E-state index is 0.190. The lowest BCUT2D eigenvalue weighted by Gasteiger charge is -2.07. The highest BCUT2D eigenvalue weighted by Gasteiger charge is 2.19. The molecule has 0 aliphatic rings. The molecule has 1 amide bonds. The van der Waals surface area contributed by atoms with Gasteiger partial charge in [0.2, 0.25) is 0 Å². The first-order chi connectivity index (χ1) is 13.6. The van der Waals surface area contributed by atoms with Gasteiger partial charge in [-0.2, -0.15) is 5.10 Å². The molecule has 0 radical (unpaired) electrons. The molecular weight excluding hydrogens is 364 g/mol. The topological polar surface area (TPSA) is 60.1 Å². The molecule has 0 aliphatic heterocycles. The van der Waals surface area contributed by atoms with Crippen LogP contribution in [0.4, 0.5) is 8.78 Å². The maximum atomic E-state index is 14.2. The lowest BCUT2D eigenvalue weighted by molar-refractivity contribution is 0.0940. The summed E-state index contributed by atoms with van der Waals surface area (Å²) in [5.41, 5.74) is 1.23. The molecule has 0 fully saturated rings. The van der Waals surface area contributed by atoms with Gasteiger partial charge in [-0.15, -0.1) is 0 Å². The van der Waals surface area contributed by atoms with Crippen molar-refractivity contribution in [3.63, 3.8) is 0 Å². The van der Waals surface area contributed by atoms with Gasteiger partial charge in [-0.25, -0.2) is 13.5 Å². The highest BCUT2D eigenvalue weighted by Crippen LogP contribution is 2.24. The summed E-state index contributed by atoms with van der Waals surface area (Å²) in [7, 11) is 0. The number of hydrogen-bond acceptors (Lipinski definition) is 3. The van der Waals surface area contributed by atoms with E-state index in [1.807, 2.05) is 0 Å². The first-order valence-corrected chi connectivity index (χ1v) is 8.53. The summed E-state index contributed by atoms with van der Waals surface area (Å²) in [5, 5.41) is 7.12. The molecule has 0 bridgehead atoms. The van der Waals surface area contributed by atoms with Gasteiger partial charge in [-0.05, 0) is 54.6 Å². The molecular formula is C21H15F2N3O2. The normalized spacial score (nSPS) is 10.8. The van der Waals surface area contributed by atoms with Crippen molar-refractivity contribution in [2.45, 2.75) is 6.54 Å². The van der Waals surface area contributed by atoms with Gasteiger partial charge in [0.1, 0.15) is 23.1 Å². The summed E-state index contributed by atoms with van der Waals surface area (Å²) in [6, 6.07) is 16.7. The largest absolute Gasteiger partial charge is 0.467 e. The summed E-state index contributed by atoms with van der Waals surface area (Å²) in [4.78, 5) is 12.7. The molecule has 7 heteroatoms. The molecule has 1 N–H and O–H groups in total. The van der Waals surface area contributed by atoms with Crippen LogP contribution in [0.1, 0.15) is 16.2 Å². The lowest BCUT2D eigenvalue weighted by atomic mass is 10.1. The third kappa shape index (κ3) is 3.55. The van der Waals surface area contributed by atoms with Gasteiger partial charge < -0.3 is 9.73 Å². The number of furan rings is 1. The average molecular weight is 379 g/mol. The van der Waals surface area contributed by atoms with Crippen LogP contribution in [0, 0.1) is 11.6 Å². The van der Waals surface area contributed by atoms with Crippen molar-refractivity contribution >= 4 is 5.91 Å². The predicted molar refractivity (Wildman–Crippen MR) is 98.8 cm³/mol. The van der Waals surface area contributed by atoms with Crippen molar-refractivity contribution in [3.05, 3.63) is 96.1 Å². The Labute approximate surface area is 159 Å². The van der Waals surface area contributed by atoms with E-state index < -0.39 is 17.5 Å². The van der Waals surface area contributed by atoms with Gasteiger partial charge >= 0.3 is 0 Å². The SMILES string of the molecule is O=C(NCc1ccco1)c1cc(-c2ccccc2F)nn1-c1ccc(F)cc1. The van der Waals surface area contributed by atoms with E-state index in [1.54, 1.807) is 30.3 Å². The average Bonchev–Trinajstić information content (AvgIpc) is 3.37. The number of carbonyl (C=O) groups is 1. The third-order valence-electron chi connectivity index (χ3n) is 4.17. The van der Waals surface area contributed by atoms with E-state index in [0.717, 1.165) is 0 Å². The van der Waals surface area contributed by atoms with Crippen LogP contribution in [-0.4, -0.2) is 15.7 Å². The van der Waals surface area contributed by atoms with E-state index in [2.05, 4.69) is 10.4 Å². The van der Waals surface area contributed by atoms with Crippen LogP contribution >= 0.6 is 0 Å². The van der Waals surface area contributed by atoms with E-state index in [-0.39, 0.29) is 17.8 Å². The zero-order valence-electron chi connectivity index (χ0n) is 14.6. The molecule has 0 saturated heterocycles. The first-order valence-electron chi connectivity index (χ1n) is 8.53. The van der Waals surface area contributed by atoms with Crippen molar-refractivity contribution in [2.75, 3.05) is 0 Å². The van der Waals surface area contributed by atoms with Crippen LogP contribution in [0.5, 0.6) is 0 Å². The molecule has 28 heavy (non-hydrogen) atoms. The zero-order valence-corrected chi connectivity index (χ0v) is 14.6. The van der Waals surface area contributed by atoms with E-state index in [9.17, 15) is 13.6 Å². The van der Waals surface area contributed by atoms with Gasteiger partial charge in [-0.3, -0.25) is 4.79 Å². The quantitative estimate of drug-likeness (QED) is 0.561. The Hall–Kier alpha value is -3.74. The van der Waals surface area contributed by atoms with Crippen LogP contribution in [-0.2, 0) is 6.54 Å². The molecule has 0 spiro atoms. The van der Waals surface area contributed by atoms with Crippen molar-refractivity contribution in [1.29, 1.82) is 0 Å². The molecule has 2 heterocycles. The number of halogens is 2. The highest BCUT2D eigenvalue weighted by molar-refractivity contribution is 5.94. The fraction of sp³-hybridized carbons (Fsp3) is 0.0476. The van der Waals surface area contributed by atoms with Crippen LogP contribution < -0.4 is 5.32 Å². The lowest BCUT2D eigenvalue weighted by Crippen LogP contribution is -2.25. The number of aromatic nitrogens is 2.